The molecular weight excluding hydrogens is 277 g/mol. The highest BCUT2D eigenvalue weighted by Crippen LogP contribution is 2.31. The van der Waals surface area contributed by atoms with Crippen molar-refractivity contribution in [2.45, 2.75) is 0 Å². The molecular formula is C11H7BrFNO2. The topological polar surface area (TPSA) is 53.1 Å². The lowest BCUT2D eigenvalue weighted by molar-refractivity contribution is 0.0692. The van der Waals surface area contributed by atoms with Gasteiger partial charge in [0.25, 0.3) is 0 Å². The molecule has 0 aliphatic rings. The maximum atomic E-state index is 13.1. The predicted octanol–water partition coefficient (Wildman–Crippen LogP) is 3.28. The fourth-order valence-electron chi connectivity index (χ4n) is 1.47. The van der Waals surface area contributed by atoms with Crippen LogP contribution in [0.25, 0.3) is 11.1 Å². The lowest BCUT2D eigenvalue weighted by Gasteiger charge is -2.04. The van der Waals surface area contributed by atoms with Gasteiger partial charge in [-0.1, -0.05) is 15.9 Å². The first-order valence-corrected chi connectivity index (χ1v) is 5.25. The van der Waals surface area contributed by atoms with Crippen LogP contribution in [0.5, 0.6) is 0 Å². The number of aromatic amines is 1. The summed E-state index contributed by atoms with van der Waals surface area (Å²) in [5.74, 6) is -1.48. The highest BCUT2D eigenvalue weighted by molar-refractivity contribution is 9.10. The number of halogens is 2. The van der Waals surface area contributed by atoms with Crippen LogP contribution in [0.15, 0.2) is 34.9 Å². The Morgan fingerprint density at radius 2 is 2.06 bits per heavy atom. The fourth-order valence-corrected chi connectivity index (χ4v) is 1.93. The van der Waals surface area contributed by atoms with E-state index in [2.05, 4.69) is 20.9 Å². The van der Waals surface area contributed by atoms with E-state index in [0.29, 0.717) is 15.6 Å². The van der Waals surface area contributed by atoms with Crippen LogP contribution in [0.3, 0.4) is 0 Å². The van der Waals surface area contributed by atoms with Gasteiger partial charge in [-0.15, -0.1) is 0 Å². The third-order valence-corrected chi connectivity index (χ3v) is 2.87. The van der Waals surface area contributed by atoms with Crippen molar-refractivity contribution in [1.29, 1.82) is 0 Å². The molecule has 2 N–H and O–H groups in total. The molecule has 82 valence electrons. The molecule has 0 bridgehead atoms. The maximum Gasteiger partial charge on any atom is 0.352 e. The van der Waals surface area contributed by atoms with Crippen molar-refractivity contribution in [2.75, 3.05) is 0 Å². The first-order chi connectivity index (χ1) is 7.59. The quantitative estimate of drug-likeness (QED) is 0.889. The second kappa shape index (κ2) is 4.09. The first-order valence-electron chi connectivity index (χ1n) is 4.45. The average Bonchev–Trinajstić information content (AvgIpc) is 2.70. The summed E-state index contributed by atoms with van der Waals surface area (Å²) < 4.78 is 13.7. The van der Waals surface area contributed by atoms with E-state index in [1.165, 1.54) is 18.3 Å². The zero-order valence-corrected chi connectivity index (χ0v) is 9.58. The molecule has 0 amide bonds. The molecule has 2 rings (SSSR count). The number of benzene rings is 1. The number of aromatic carboxylic acids is 1. The number of rotatable bonds is 2. The SMILES string of the molecule is O=C(O)c1[nH]ccc1-c1cc(F)ccc1Br. The van der Waals surface area contributed by atoms with Crippen LogP contribution >= 0.6 is 15.9 Å². The van der Waals surface area contributed by atoms with Gasteiger partial charge in [-0.25, -0.2) is 9.18 Å². The van der Waals surface area contributed by atoms with Gasteiger partial charge in [-0.3, -0.25) is 0 Å². The van der Waals surface area contributed by atoms with Crippen molar-refractivity contribution >= 4 is 21.9 Å². The van der Waals surface area contributed by atoms with Gasteiger partial charge >= 0.3 is 5.97 Å². The summed E-state index contributed by atoms with van der Waals surface area (Å²) in [6.07, 6.45) is 1.51. The van der Waals surface area contributed by atoms with Crippen molar-refractivity contribution in [1.82, 2.24) is 4.98 Å². The minimum Gasteiger partial charge on any atom is -0.477 e. The van der Waals surface area contributed by atoms with Crippen molar-refractivity contribution in [3.05, 3.63) is 46.4 Å². The summed E-state index contributed by atoms with van der Waals surface area (Å²) in [5.41, 5.74) is 1.02. The van der Waals surface area contributed by atoms with Crippen LogP contribution < -0.4 is 0 Å². The van der Waals surface area contributed by atoms with E-state index in [1.807, 2.05) is 0 Å². The van der Waals surface area contributed by atoms with Crippen molar-refractivity contribution in [2.24, 2.45) is 0 Å². The third-order valence-electron chi connectivity index (χ3n) is 2.18. The van der Waals surface area contributed by atoms with Gasteiger partial charge in [0.1, 0.15) is 11.5 Å². The molecule has 0 atom stereocenters. The molecule has 1 aromatic carbocycles. The minimum atomic E-state index is -1.07. The highest BCUT2D eigenvalue weighted by atomic mass is 79.9. The number of aromatic nitrogens is 1. The Morgan fingerprint density at radius 1 is 1.31 bits per heavy atom. The molecule has 2 aromatic rings. The van der Waals surface area contributed by atoms with Crippen LogP contribution in [0.2, 0.25) is 0 Å². The van der Waals surface area contributed by atoms with E-state index < -0.39 is 11.8 Å². The Morgan fingerprint density at radius 3 is 2.75 bits per heavy atom. The normalized spacial score (nSPS) is 10.4. The number of hydrogen-bond acceptors (Lipinski definition) is 1. The lowest BCUT2D eigenvalue weighted by atomic mass is 10.1. The van der Waals surface area contributed by atoms with E-state index in [1.54, 1.807) is 12.1 Å². The molecule has 0 aliphatic heterocycles. The summed E-state index contributed by atoms with van der Waals surface area (Å²) in [4.78, 5) is 13.5. The standard InChI is InChI=1S/C11H7BrFNO2/c12-9-2-1-6(13)5-8(9)7-3-4-14-10(7)11(15)16/h1-5,14H,(H,15,16). The van der Waals surface area contributed by atoms with Gasteiger partial charge < -0.3 is 10.1 Å². The monoisotopic (exact) mass is 283 g/mol. The zero-order valence-electron chi connectivity index (χ0n) is 8.00. The lowest BCUT2D eigenvalue weighted by Crippen LogP contribution is -1.99. The van der Waals surface area contributed by atoms with Crippen LogP contribution in [-0.2, 0) is 0 Å². The van der Waals surface area contributed by atoms with Gasteiger partial charge in [-0.05, 0) is 24.3 Å². The molecule has 0 saturated heterocycles. The predicted molar refractivity (Wildman–Crippen MR) is 60.8 cm³/mol. The van der Waals surface area contributed by atoms with E-state index in [-0.39, 0.29) is 5.69 Å². The summed E-state index contributed by atoms with van der Waals surface area (Å²) in [7, 11) is 0. The largest absolute Gasteiger partial charge is 0.477 e. The van der Waals surface area contributed by atoms with Crippen LogP contribution in [0.1, 0.15) is 10.5 Å². The molecule has 0 spiro atoms. The Balaban J connectivity index is 2.62. The van der Waals surface area contributed by atoms with Crippen LogP contribution in [-0.4, -0.2) is 16.1 Å². The minimum absolute atomic E-state index is 0.0475. The Kier molecular flexibility index (Phi) is 2.78. The van der Waals surface area contributed by atoms with Gasteiger partial charge in [-0.2, -0.15) is 0 Å². The van der Waals surface area contributed by atoms with Gasteiger partial charge in [0.2, 0.25) is 0 Å². The van der Waals surface area contributed by atoms with Crippen molar-refractivity contribution < 1.29 is 14.3 Å². The van der Waals surface area contributed by atoms with Crippen LogP contribution in [0.4, 0.5) is 4.39 Å². The second-order valence-corrected chi connectivity index (χ2v) is 4.05. The van der Waals surface area contributed by atoms with Crippen LogP contribution in [0, 0.1) is 5.82 Å². The average molecular weight is 284 g/mol. The number of H-pyrrole nitrogens is 1. The number of hydrogen-bond donors (Lipinski definition) is 2. The Labute approximate surface area is 99.1 Å². The number of carbonyl (C=O) groups is 1. The molecule has 16 heavy (non-hydrogen) atoms. The fraction of sp³-hybridized carbons (Fsp3) is 0. The molecule has 5 heteroatoms. The second-order valence-electron chi connectivity index (χ2n) is 3.20. The Bertz CT molecular complexity index is 551. The van der Waals surface area contributed by atoms with Crippen molar-refractivity contribution in [3.8, 4) is 11.1 Å². The molecule has 3 nitrogen and oxygen atoms in total. The molecule has 0 aliphatic carbocycles. The summed E-state index contributed by atoms with van der Waals surface area (Å²) in [5, 5.41) is 8.94. The van der Waals surface area contributed by atoms with Crippen molar-refractivity contribution in [3.63, 3.8) is 0 Å². The molecule has 0 radical (unpaired) electrons. The summed E-state index contributed by atoms with van der Waals surface area (Å²) >= 11 is 3.26. The molecule has 0 fully saturated rings. The number of carboxylic acids is 1. The molecule has 0 unspecified atom stereocenters. The number of nitrogens with one attached hydrogen (secondary N) is 1. The first kappa shape index (κ1) is 10.9. The molecule has 0 saturated carbocycles. The molecule has 1 aromatic heterocycles. The highest BCUT2D eigenvalue weighted by Gasteiger charge is 2.15. The van der Waals surface area contributed by atoms with Gasteiger partial charge in [0.15, 0.2) is 0 Å². The van der Waals surface area contributed by atoms with Gasteiger partial charge in [0.05, 0.1) is 0 Å². The van der Waals surface area contributed by atoms with Gasteiger partial charge in [0, 0.05) is 21.8 Å². The Hall–Kier alpha value is -1.62. The van der Waals surface area contributed by atoms with E-state index in [4.69, 9.17) is 5.11 Å². The van der Waals surface area contributed by atoms with E-state index >= 15 is 0 Å². The molecule has 1 heterocycles. The van der Waals surface area contributed by atoms with E-state index in [9.17, 15) is 9.18 Å². The number of carboxylic acid groups (broad SMARTS) is 1. The smallest absolute Gasteiger partial charge is 0.352 e. The zero-order chi connectivity index (χ0) is 11.7. The summed E-state index contributed by atoms with van der Waals surface area (Å²) in [6.45, 7) is 0. The third kappa shape index (κ3) is 1.86. The van der Waals surface area contributed by atoms with E-state index in [0.717, 1.165) is 0 Å². The maximum absolute atomic E-state index is 13.1. The summed E-state index contributed by atoms with van der Waals surface area (Å²) in [6, 6.07) is 5.74.